The highest BCUT2D eigenvalue weighted by Crippen LogP contribution is 2.11. The molecule has 0 bridgehead atoms. The molecule has 0 radical (unpaired) electrons. The van der Waals surface area contributed by atoms with E-state index in [0.717, 1.165) is 12.8 Å². The molecule has 0 aliphatic heterocycles. The van der Waals surface area contributed by atoms with Crippen LogP contribution >= 0.6 is 23.2 Å². The van der Waals surface area contributed by atoms with Crippen molar-refractivity contribution in [3.63, 3.8) is 0 Å². The lowest BCUT2D eigenvalue weighted by atomic mass is 10.2. The van der Waals surface area contributed by atoms with Crippen LogP contribution in [0.1, 0.15) is 165 Å². The molecule has 0 aliphatic carbocycles. The first-order chi connectivity index (χ1) is 13.4. The molecule has 0 heterocycles. The summed E-state index contributed by atoms with van der Waals surface area (Å²) in [5, 5.41) is 0. The van der Waals surface area contributed by atoms with E-state index < -0.39 is 0 Å². The van der Waals surface area contributed by atoms with Crippen molar-refractivity contribution in [2.75, 3.05) is 0 Å². The number of halogens is 2. The molecular formula is C26H60Cl2. The van der Waals surface area contributed by atoms with Gasteiger partial charge >= 0.3 is 0 Å². The summed E-state index contributed by atoms with van der Waals surface area (Å²) < 4.78 is 0. The molecular weight excluding hydrogens is 383 g/mol. The highest BCUT2D eigenvalue weighted by Gasteiger charge is 1.95. The molecule has 0 amide bonds. The third-order valence-corrected chi connectivity index (χ3v) is 4.29. The van der Waals surface area contributed by atoms with Gasteiger partial charge in [0.1, 0.15) is 4.84 Å². The Morgan fingerprint density at radius 1 is 0.357 bits per heavy atom. The zero-order valence-electron chi connectivity index (χ0n) is 21.6. The fraction of sp³-hybridized carbons (Fsp3) is 1.00. The van der Waals surface area contributed by atoms with Crippen molar-refractivity contribution < 1.29 is 0 Å². The van der Waals surface area contributed by atoms with Gasteiger partial charge < -0.3 is 0 Å². The Hall–Kier alpha value is 0.580. The molecule has 0 rings (SSSR count). The summed E-state index contributed by atoms with van der Waals surface area (Å²) in [6, 6.07) is 0. The van der Waals surface area contributed by atoms with Crippen molar-refractivity contribution in [3.05, 3.63) is 0 Å². The fourth-order valence-corrected chi connectivity index (χ4v) is 2.27. The summed E-state index contributed by atoms with van der Waals surface area (Å²) in [6.07, 6.45) is 20.9. The van der Waals surface area contributed by atoms with Crippen LogP contribution in [0.5, 0.6) is 0 Å². The average molecular weight is 444 g/mol. The first-order valence-electron chi connectivity index (χ1n) is 12.7. The minimum Gasteiger partial charge on any atom is -0.105 e. The first kappa shape index (κ1) is 39.1. The largest absolute Gasteiger partial charge is 0.107 e. The second-order valence-electron chi connectivity index (χ2n) is 7.30. The fourth-order valence-electron chi connectivity index (χ4n) is 1.96. The van der Waals surface area contributed by atoms with Gasteiger partial charge in [0.05, 0.1) is 0 Å². The van der Waals surface area contributed by atoms with Crippen LogP contribution in [0.15, 0.2) is 0 Å². The van der Waals surface area contributed by atoms with Crippen molar-refractivity contribution >= 4 is 23.2 Å². The smallest absolute Gasteiger partial charge is 0.105 e. The van der Waals surface area contributed by atoms with Crippen LogP contribution in [0.3, 0.4) is 0 Å². The quantitative estimate of drug-likeness (QED) is 0.208. The third kappa shape index (κ3) is 94.3. The highest BCUT2D eigenvalue weighted by molar-refractivity contribution is 6.44. The Morgan fingerprint density at radius 3 is 0.679 bits per heavy atom. The molecule has 0 saturated heterocycles. The number of alkyl halides is 2. The Bertz CT molecular complexity index is 138. The molecule has 28 heavy (non-hydrogen) atoms. The second kappa shape index (κ2) is 50.8. The van der Waals surface area contributed by atoms with E-state index in [1.54, 1.807) is 0 Å². The van der Waals surface area contributed by atoms with E-state index >= 15 is 0 Å². The van der Waals surface area contributed by atoms with Gasteiger partial charge in [-0.1, -0.05) is 159 Å². The van der Waals surface area contributed by atoms with Gasteiger partial charge in [-0.05, 0) is 6.42 Å². The van der Waals surface area contributed by atoms with Crippen molar-refractivity contribution in [1.29, 1.82) is 0 Å². The van der Waals surface area contributed by atoms with E-state index in [0.29, 0.717) is 0 Å². The van der Waals surface area contributed by atoms with Crippen molar-refractivity contribution in [1.82, 2.24) is 0 Å². The van der Waals surface area contributed by atoms with Gasteiger partial charge in [-0.3, -0.25) is 0 Å². The van der Waals surface area contributed by atoms with Crippen LogP contribution in [-0.4, -0.2) is 4.84 Å². The van der Waals surface area contributed by atoms with Crippen LogP contribution in [0.25, 0.3) is 0 Å². The Morgan fingerprint density at radius 2 is 0.571 bits per heavy atom. The summed E-state index contributed by atoms with van der Waals surface area (Å²) in [5.41, 5.74) is 0. The average Bonchev–Trinajstić information content (AvgIpc) is 2.66. The molecule has 2 heteroatoms. The maximum atomic E-state index is 5.48. The maximum Gasteiger partial charge on any atom is 0.107 e. The SMILES string of the molecule is CCCCC.CCCCC.CCCCC.CCCCC.CCCCCC(Cl)Cl. The van der Waals surface area contributed by atoms with E-state index in [1.807, 2.05) is 0 Å². The van der Waals surface area contributed by atoms with Crippen LogP contribution < -0.4 is 0 Å². The number of unbranched alkanes of at least 4 members (excludes halogenated alkanes) is 10. The van der Waals surface area contributed by atoms with Gasteiger partial charge in [0.2, 0.25) is 0 Å². The summed E-state index contributed by atoms with van der Waals surface area (Å²) in [6.45, 7) is 19.9. The van der Waals surface area contributed by atoms with Crippen LogP contribution in [0.4, 0.5) is 0 Å². The molecule has 0 aromatic carbocycles. The van der Waals surface area contributed by atoms with Gasteiger partial charge in [-0.15, -0.1) is 23.2 Å². The minimum atomic E-state index is -0.151. The number of hydrogen-bond donors (Lipinski definition) is 0. The molecule has 0 aromatic rings. The number of rotatable bonds is 12. The lowest BCUT2D eigenvalue weighted by molar-refractivity contribution is 0.692. The molecule has 0 nitrogen and oxygen atoms in total. The molecule has 0 unspecified atom stereocenters. The summed E-state index contributed by atoms with van der Waals surface area (Å²) in [7, 11) is 0. The lowest BCUT2D eigenvalue weighted by Crippen LogP contribution is -1.84. The normalized spacial score (nSPS) is 9.00. The summed E-state index contributed by atoms with van der Waals surface area (Å²) in [4.78, 5) is -0.151. The molecule has 0 spiro atoms. The highest BCUT2D eigenvalue weighted by atomic mass is 35.5. The van der Waals surface area contributed by atoms with Crippen LogP contribution in [-0.2, 0) is 0 Å². The van der Waals surface area contributed by atoms with Gasteiger partial charge in [0.25, 0.3) is 0 Å². The number of hydrogen-bond acceptors (Lipinski definition) is 0. The molecule has 0 N–H and O–H groups in total. The Kier molecular flexibility index (Phi) is 71.0. The van der Waals surface area contributed by atoms with Crippen LogP contribution in [0, 0.1) is 0 Å². The zero-order valence-corrected chi connectivity index (χ0v) is 23.2. The van der Waals surface area contributed by atoms with Gasteiger partial charge in [0.15, 0.2) is 0 Å². The van der Waals surface area contributed by atoms with Crippen LogP contribution in [0.2, 0.25) is 0 Å². The van der Waals surface area contributed by atoms with Crippen molar-refractivity contribution in [2.24, 2.45) is 0 Å². The molecule has 0 atom stereocenters. The topological polar surface area (TPSA) is 0 Å². The molecule has 0 aromatic heterocycles. The zero-order chi connectivity index (χ0) is 22.9. The second-order valence-corrected chi connectivity index (χ2v) is 8.58. The lowest BCUT2D eigenvalue weighted by Gasteiger charge is -1.96. The molecule has 0 aliphatic rings. The molecule has 0 fully saturated rings. The van der Waals surface area contributed by atoms with E-state index in [2.05, 4.69) is 62.3 Å². The van der Waals surface area contributed by atoms with E-state index in [4.69, 9.17) is 23.2 Å². The third-order valence-electron chi connectivity index (χ3n) is 3.85. The monoisotopic (exact) mass is 442 g/mol. The van der Waals surface area contributed by atoms with E-state index in [1.165, 1.54) is 89.9 Å². The Labute approximate surface area is 192 Å². The predicted octanol–water partition coefficient (Wildman–Crippen LogP) is 12.2. The standard InChI is InChI=1S/C6H12Cl2.4C5H12/c1-2-3-4-5-6(7)8;4*1-3-5-4-2/h6H,2-5H2,1H3;4*3-5H2,1-2H3. The van der Waals surface area contributed by atoms with Gasteiger partial charge in [0, 0.05) is 0 Å². The van der Waals surface area contributed by atoms with E-state index in [-0.39, 0.29) is 4.84 Å². The summed E-state index contributed by atoms with van der Waals surface area (Å²) >= 11 is 11.0. The van der Waals surface area contributed by atoms with Gasteiger partial charge in [-0.25, -0.2) is 0 Å². The molecule has 0 saturated carbocycles. The van der Waals surface area contributed by atoms with Crippen molar-refractivity contribution in [3.8, 4) is 0 Å². The summed E-state index contributed by atoms with van der Waals surface area (Å²) in [5.74, 6) is 0. The Balaban J connectivity index is -0.0000000802. The maximum absolute atomic E-state index is 5.48. The van der Waals surface area contributed by atoms with Gasteiger partial charge in [-0.2, -0.15) is 0 Å². The van der Waals surface area contributed by atoms with Crippen molar-refractivity contribution in [2.45, 2.75) is 170 Å². The molecule has 178 valence electrons. The first-order valence-corrected chi connectivity index (χ1v) is 13.6. The minimum absolute atomic E-state index is 0.151. The predicted molar refractivity (Wildman–Crippen MR) is 140 cm³/mol. The van der Waals surface area contributed by atoms with E-state index in [9.17, 15) is 0 Å².